The first-order valence-electron chi connectivity index (χ1n) is 5.18. The Labute approximate surface area is 100 Å². The largest absolute Gasteiger partial charge is 0.497 e. The molecule has 5 heteroatoms. The highest BCUT2D eigenvalue weighted by Crippen LogP contribution is 2.19. The van der Waals surface area contributed by atoms with Crippen molar-refractivity contribution in [3.05, 3.63) is 24.3 Å². The monoisotopic (exact) mass is 239 g/mol. The summed E-state index contributed by atoms with van der Waals surface area (Å²) in [4.78, 5) is 12.5. The van der Waals surface area contributed by atoms with Crippen molar-refractivity contribution in [3.8, 4) is 5.75 Å². The number of hydrogen-bond acceptors (Lipinski definition) is 4. The zero-order valence-corrected chi connectivity index (χ0v) is 10.2. The molecule has 0 amide bonds. The molecule has 5 nitrogen and oxygen atoms in total. The molecule has 0 radical (unpaired) electrons. The fourth-order valence-corrected chi connectivity index (χ4v) is 1.46. The average molecular weight is 239 g/mol. The number of ether oxygens (including phenoxy) is 1. The maximum Gasteiger partial charge on any atom is 0.337 e. The standard InChI is InChI=1S/C12H17NO4/c1-12(16,11(14)15)8-13(2)9-4-6-10(17-3)7-5-9/h4-7,16H,8H2,1-3H3,(H,14,15). The number of nitrogens with zero attached hydrogens (tertiary/aromatic N) is 1. The molecule has 94 valence electrons. The van der Waals surface area contributed by atoms with Gasteiger partial charge in [0.25, 0.3) is 0 Å². The summed E-state index contributed by atoms with van der Waals surface area (Å²) in [6.07, 6.45) is 0. The fraction of sp³-hybridized carbons (Fsp3) is 0.417. The smallest absolute Gasteiger partial charge is 0.337 e. The first-order chi connectivity index (χ1) is 7.86. The second-order valence-electron chi connectivity index (χ2n) is 4.13. The number of carboxylic acids is 1. The molecule has 0 aliphatic rings. The third kappa shape index (κ3) is 3.35. The number of rotatable bonds is 5. The number of aliphatic hydroxyl groups is 1. The van der Waals surface area contributed by atoms with E-state index < -0.39 is 11.6 Å². The lowest BCUT2D eigenvalue weighted by molar-refractivity contribution is -0.155. The van der Waals surface area contributed by atoms with E-state index in [2.05, 4.69) is 0 Å². The van der Waals surface area contributed by atoms with E-state index in [1.54, 1.807) is 43.3 Å². The van der Waals surface area contributed by atoms with Crippen molar-refractivity contribution in [2.24, 2.45) is 0 Å². The average Bonchev–Trinajstić information content (AvgIpc) is 2.28. The molecule has 0 heterocycles. The van der Waals surface area contributed by atoms with Crippen LogP contribution < -0.4 is 9.64 Å². The molecule has 1 aromatic carbocycles. The first-order valence-corrected chi connectivity index (χ1v) is 5.18. The lowest BCUT2D eigenvalue weighted by Gasteiger charge is -2.27. The molecule has 0 aromatic heterocycles. The Bertz CT molecular complexity index is 386. The highest BCUT2D eigenvalue weighted by molar-refractivity contribution is 5.77. The zero-order valence-electron chi connectivity index (χ0n) is 10.2. The van der Waals surface area contributed by atoms with Crippen molar-refractivity contribution in [3.63, 3.8) is 0 Å². The van der Waals surface area contributed by atoms with Crippen LogP contribution >= 0.6 is 0 Å². The summed E-state index contributed by atoms with van der Waals surface area (Å²) in [6, 6.07) is 7.16. The predicted octanol–water partition coefficient (Wildman–Crippen LogP) is 0.967. The Kier molecular flexibility index (Phi) is 3.96. The third-order valence-electron chi connectivity index (χ3n) is 2.52. The zero-order chi connectivity index (χ0) is 13.1. The number of carbonyl (C=O) groups is 1. The maximum absolute atomic E-state index is 10.8. The van der Waals surface area contributed by atoms with Crippen LogP contribution in [-0.2, 0) is 4.79 Å². The summed E-state index contributed by atoms with van der Waals surface area (Å²) in [5, 5.41) is 18.5. The molecule has 1 unspecified atom stereocenters. The fourth-order valence-electron chi connectivity index (χ4n) is 1.46. The summed E-state index contributed by atoms with van der Waals surface area (Å²) in [7, 11) is 3.30. The number of carboxylic acid groups (broad SMARTS) is 1. The van der Waals surface area contributed by atoms with Crippen molar-refractivity contribution < 1.29 is 19.7 Å². The molecule has 0 aliphatic carbocycles. The molecule has 1 atom stereocenters. The SMILES string of the molecule is COc1ccc(N(C)CC(C)(O)C(=O)O)cc1. The predicted molar refractivity (Wildman–Crippen MR) is 64.5 cm³/mol. The van der Waals surface area contributed by atoms with E-state index >= 15 is 0 Å². The molecule has 0 saturated carbocycles. The Morgan fingerprint density at radius 3 is 2.35 bits per heavy atom. The molecular weight excluding hydrogens is 222 g/mol. The first kappa shape index (κ1) is 13.3. The van der Waals surface area contributed by atoms with Gasteiger partial charge in [-0.1, -0.05) is 0 Å². The lowest BCUT2D eigenvalue weighted by Crippen LogP contribution is -2.45. The quantitative estimate of drug-likeness (QED) is 0.801. The topological polar surface area (TPSA) is 70.0 Å². The van der Waals surface area contributed by atoms with E-state index in [0.29, 0.717) is 0 Å². The Hall–Kier alpha value is -1.75. The molecule has 0 aliphatic heterocycles. The van der Waals surface area contributed by atoms with Crippen LogP contribution in [0.25, 0.3) is 0 Å². The van der Waals surface area contributed by atoms with E-state index in [0.717, 1.165) is 11.4 Å². The third-order valence-corrected chi connectivity index (χ3v) is 2.52. The van der Waals surface area contributed by atoms with Crippen LogP contribution in [-0.4, -0.2) is 42.5 Å². The van der Waals surface area contributed by atoms with Gasteiger partial charge in [-0.2, -0.15) is 0 Å². The molecule has 0 spiro atoms. The number of hydrogen-bond donors (Lipinski definition) is 2. The van der Waals surface area contributed by atoms with E-state index in [9.17, 15) is 9.90 Å². The normalized spacial score (nSPS) is 13.9. The molecule has 2 N–H and O–H groups in total. The lowest BCUT2D eigenvalue weighted by atomic mass is 10.1. The van der Waals surface area contributed by atoms with E-state index in [4.69, 9.17) is 9.84 Å². The van der Waals surface area contributed by atoms with Gasteiger partial charge in [0.15, 0.2) is 5.60 Å². The van der Waals surface area contributed by atoms with Crippen LogP contribution in [0.1, 0.15) is 6.92 Å². The second kappa shape index (κ2) is 5.05. The molecular formula is C12H17NO4. The van der Waals surface area contributed by atoms with Crippen LogP contribution in [0.5, 0.6) is 5.75 Å². The minimum absolute atomic E-state index is 0.00859. The Morgan fingerprint density at radius 2 is 1.94 bits per heavy atom. The minimum Gasteiger partial charge on any atom is -0.497 e. The highest BCUT2D eigenvalue weighted by Gasteiger charge is 2.31. The highest BCUT2D eigenvalue weighted by atomic mass is 16.5. The van der Waals surface area contributed by atoms with Gasteiger partial charge < -0.3 is 19.8 Å². The van der Waals surface area contributed by atoms with Crippen molar-refractivity contribution in [2.75, 3.05) is 25.6 Å². The number of methoxy groups -OCH3 is 1. The molecule has 17 heavy (non-hydrogen) atoms. The van der Waals surface area contributed by atoms with Crippen molar-refractivity contribution in [2.45, 2.75) is 12.5 Å². The summed E-state index contributed by atoms with van der Waals surface area (Å²) >= 11 is 0. The summed E-state index contributed by atoms with van der Waals surface area (Å²) in [6.45, 7) is 1.28. The van der Waals surface area contributed by atoms with Crippen molar-refractivity contribution >= 4 is 11.7 Å². The van der Waals surface area contributed by atoms with Gasteiger partial charge in [0.05, 0.1) is 13.7 Å². The molecule has 0 bridgehead atoms. The molecule has 0 fully saturated rings. The van der Waals surface area contributed by atoms with Crippen LogP contribution in [0.4, 0.5) is 5.69 Å². The van der Waals surface area contributed by atoms with Gasteiger partial charge in [0, 0.05) is 12.7 Å². The molecule has 1 aromatic rings. The van der Waals surface area contributed by atoms with Crippen LogP contribution in [0.2, 0.25) is 0 Å². The van der Waals surface area contributed by atoms with Crippen LogP contribution in [0.15, 0.2) is 24.3 Å². The van der Waals surface area contributed by atoms with E-state index in [1.807, 2.05) is 0 Å². The van der Waals surface area contributed by atoms with Gasteiger partial charge in [-0.05, 0) is 31.2 Å². The van der Waals surface area contributed by atoms with Gasteiger partial charge in [0.2, 0.25) is 0 Å². The number of anilines is 1. The van der Waals surface area contributed by atoms with E-state index in [-0.39, 0.29) is 6.54 Å². The van der Waals surface area contributed by atoms with Crippen LogP contribution in [0.3, 0.4) is 0 Å². The summed E-state index contributed by atoms with van der Waals surface area (Å²) in [5.41, 5.74) is -0.957. The summed E-state index contributed by atoms with van der Waals surface area (Å²) < 4.78 is 5.03. The van der Waals surface area contributed by atoms with Crippen molar-refractivity contribution in [1.82, 2.24) is 0 Å². The van der Waals surface area contributed by atoms with Crippen molar-refractivity contribution in [1.29, 1.82) is 0 Å². The number of aliphatic carboxylic acids is 1. The number of benzene rings is 1. The number of likely N-dealkylation sites (N-methyl/N-ethyl adjacent to an activating group) is 1. The minimum atomic E-state index is -1.77. The maximum atomic E-state index is 10.8. The van der Waals surface area contributed by atoms with Gasteiger partial charge in [-0.3, -0.25) is 0 Å². The van der Waals surface area contributed by atoms with Gasteiger partial charge in [-0.25, -0.2) is 4.79 Å². The second-order valence-corrected chi connectivity index (χ2v) is 4.13. The van der Waals surface area contributed by atoms with Gasteiger partial charge >= 0.3 is 5.97 Å². The van der Waals surface area contributed by atoms with Crippen LogP contribution in [0, 0.1) is 0 Å². The van der Waals surface area contributed by atoms with E-state index in [1.165, 1.54) is 6.92 Å². The van der Waals surface area contributed by atoms with Gasteiger partial charge in [0.1, 0.15) is 5.75 Å². The Morgan fingerprint density at radius 1 is 1.41 bits per heavy atom. The molecule has 0 saturated heterocycles. The van der Waals surface area contributed by atoms with Gasteiger partial charge in [-0.15, -0.1) is 0 Å². The molecule has 1 rings (SSSR count). The summed E-state index contributed by atoms with van der Waals surface area (Å²) in [5.74, 6) is -0.509. The Balaban J connectivity index is 2.76.